The van der Waals surface area contributed by atoms with E-state index in [0.29, 0.717) is 27.8 Å². The number of carbonyl (C=O) groups is 2. The summed E-state index contributed by atoms with van der Waals surface area (Å²) in [5.74, 6) is -0.953. The van der Waals surface area contributed by atoms with E-state index in [4.69, 9.17) is 9.72 Å². The summed E-state index contributed by atoms with van der Waals surface area (Å²) in [4.78, 5) is 30.0. The third kappa shape index (κ3) is 4.96. The number of amides is 1. The number of para-hydroxylation sites is 1. The molecule has 0 saturated carbocycles. The molecule has 32 heavy (non-hydrogen) atoms. The molecule has 4 rings (SSSR count). The highest BCUT2D eigenvalue weighted by Gasteiger charge is 2.17. The SMILES string of the molecule is Cc1ccc(-c2cc(C(=O)OCC(=O)Nc3ccc(I)cc3C)c3ccccc3n2)cc1. The van der Waals surface area contributed by atoms with Gasteiger partial charge in [-0.1, -0.05) is 48.0 Å². The molecule has 1 amide bonds. The van der Waals surface area contributed by atoms with Crippen LogP contribution in [0.25, 0.3) is 22.2 Å². The van der Waals surface area contributed by atoms with Crippen LogP contribution >= 0.6 is 22.6 Å². The van der Waals surface area contributed by atoms with Crippen LogP contribution in [0, 0.1) is 17.4 Å². The van der Waals surface area contributed by atoms with Gasteiger partial charge in [-0.2, -0.15) is 0 Å². The number of nitrogens with zero attached hydrogens (tertiary/aromatic N) is 1. The van der Waals surface area contributed by atoms with Gasteiger partial charge in [0, 0.05) is 20.2 Å². The van der Waals surface area contributed by atoms with Crippen LogP contribution in [-0.2, 0) is 9.53 Å². The fourth-order valence-electron chi connectivity index (χ4n) is 3.38. The highest BCUT2D eigenvalue weighted by molar-refractivity contribution is 14.1. The molecule has 6 heteroatoms. The van der Waals surface area contributed by atoms with Crippen LogP contribution in [0.2, 0.25) is 0 Å². The smallest absolute Gasteiger partial charge is 0.339 e. The van der Waals surface area contributed by atoms with Crippen molar-refractivity contribution in [3.8, 4) is 11.3 Å². The maximum atomic E-state index is 12.9. The van der Waals surface area contributed by atoms with Crippen molar-refractivity contribution in [2.75, 3.05) is 11.9 Å². The first-order valence-corrected chi connectivity index (χ1v) is 11.2. The molecule has 5 nitrogen and oxygen atoms in total. The van der Waals surface area contributed by atoms with Gasteiger partial charge in [-0.3, -0.25) is 4.79 Å². The van der Waals surface area contributed by atoms with Gasteiger partial charge >= 0.3 is 5.97 Å². The summed E-state index contributed by atoms with van der Waals surface area (Å²) in [6, 6.07) is 22.8. The number of halogens is 1. The van der Waals surface area contributed by atoms with E-state index in [0.717, 1.165) is 20.3 Å². The molecule has 0 saturated heterocycles. The van der Waals surface area contributed by atoms with Gasteiger partial charge in [-0.05, 0) is 72.3 Å². The zero-order chi connectivity index (χ0) is 22.7. The normalized spacial score (nSPS) is 10.7. The third-order valence-corrected chi connectivity index (χ3v) is 5.75. The highest BCUT2D eigenvalue weighted by atomic mass is 127. The van der Waals surface area contributed by atoms with E-state index in [9.17, 15) is 9.59 Å². The summed E-state index contributed by atoms with van der Waals surface area (Å²) < 4.78 is 6.45. The van der Waals surface area contributed by atoms with Crippen molar-refractivity contribution < 1.29 is 14.3 Å². The fraction of sp³-hybridized carbons (Fsp3) is 0.115. The Hall–Kier alpha value is -3.26. The zero-order valence-corrected chi connectivity index (χ0v) is 19.8. The van der Waals surface area contributed by atoms with Crippen molar-refractivity contribution in [3.05, 3.63) is 93.1 Å². The first-order valence-electron chi connectivity index (χ1n) is 10.1. The highest BCUT2D eigenvalue weighted by Crippen LogP contribution is 2.26. The Labute approximate surface area is 200 Å². The Balaban J connectivity index is 1.56. The lowest BCUT2D eigenvalue weighted by molar-refractivity contribution is -0.119. The predicted octanol–water partition coefficient (Wildman–Crippen LogP) is 5.92. The van der Waals surface area contributed by atoms with Gasteiger partial charge in [0.05, 0.1) is 16.8 Å². The number of hydrogen-bond donors (Lipinski definition) is 1. The average molecular weight is 536 g/mol. The number of esters is 1. The van der Waals surface area contributed by atoms with Gasteiger partial charge < -0.3 is 10.1 Å². The molecule has 0 bridgehead atoms. The predicted molar refractivity (Wildman–Crippen MR) is 135 cm³/mol. The molecule has 160 valence electrons. The van der Waals surface area contributed by atoms with Crippen LogP contribution in [0.4, 0.5) is 5.69 Å². The van der Waals surface area contributed by atoms with Crippen molar-refractivity contribution in [1.29, 1.82) is 0 Å². The maximum absolute atomic E-state index is 12.9. The quantitative estimate of drug-likeness (QED) is 0.254. The zero-order valence-electron chi connectivity index (χ0n) is 17.7. The van der Waals surface area contributed by atoms with Crippen LogP contribution in [-0.4, -0.2) is 23.5 Å². The van der Waals surface area contributed by atoms with E-state index in [1.165, 1.54) is 0 Å². The number of nitrogens with one attached hydrogen (secondary N) is 1. The van der Waals surface area contributed by atoms with E-state index in [2.05, 4.69) is 27.9 Å². The van der Waals surface area contributed by atoms with E-state index in [-0.39, 0.29) is 12.5 Å². The molecule has 3 aromatic carbocycles. The second-order valence-corrected chi connectivity index (χ2v) is 8.77. The molecule has 0 unspecified atom stereocenters. The topological polar surface area (TPSA) is 68.3 Å². The van der Waals surface area contributed by atoms with Crippen molar-refractivity contribution >= 4 is 51.1 Å². The number of aryl methyl sites for hydroxylation is 2. The molecular formula is C26H21IN2O3. The van der Waals surface area contributed by atoms with Gasteiger partial charge in [0.2, 0.25) is 0 Å². The van der Waals surface area contributed by atoms with Crippen molar-refractivity contribution in [2.45, 2.75) is 13.8 Å². The fourth-order valence-corrected chi connectivity index (χ4v) is 4.03. The Kier molecular flexibility index (Phi) is 6.50. The standard InChI is InChI=1S/C26H21IN2O3/c1-16-7-9-18(10-8-16)24-14-21(20-5-3-4-6-23(20)28-24)26(31)32-15-25(30)29-22-12-11-19(27)13-17(22)2/h3-14H,15H2,1-2H3,(H,29,30). The number of pyridine rings is 1. The molecule has 0 radical (unpaired) electrons. The number of benzene rings is 3. The number of carbonyl (C=O) groups excluding carboxylic acids is 2. The number of rotatable bonds is 5. The molecule has 0 atom stereocenters. The number of aromatic nitrogens is 1. The van der Waals surface area contributed by atoms with E-state index in [1.807, 2.05) is 80.6 Å². The summed E-state index contributed by atoms with van der Waals surface area (Å²) in [7, 11) is 0. The summed E-state index contributed by atoms with van der Waals surface area (Å²) in [5.41, 5.74) is 5.43. The van der Waals surface area contributed by atoms with Gasteiger partial charge in [-0.15, -0.1) is 0 Å². The van der Waals surface area contributed by atoms with Crippen LogP contribution in [0.1, 0.15) is 21.5 Å². The monoisotopic (exact) mass is 536 g/mol. The lowest BCUT2D eigenvalue weighted by atomic mass is 10.0. The average Bonchev–Trinajstić information content (AvgIpc) is 2.79. The summed E-state index contributed by atoms with van der Waals surface area (Å²) in [6.45, 7) is 3.56. The first-order chi connectivity index (χ1) is 15.4. The largest absolute Gasteiger partial charge is 0.452 e. The van der Waals surface area contributed by atoms with Crippen LogP contribution < -0.4 is 5.32 Å². The van der Waals surface area contributed by atoms with Gasteiger partial charge in [0.25, 0.3) is 5.91 Å². The number of hydrogen-bond acceptors (Lipinski definition) is 4. The molecule has 1 N–H and O–H groups in total. The number of ether oxygens (including phenoxy) is 1. The van der Waals surface area contributed by atoms with Crippen molar-refractivity contribution in [1.82, 2.24) is 4.98 Å². The molecule has 0 spiro atoms. The molecule has 1 heterocycles. The van der Waals surface area contributed by atoms with E-state index >= 15 is 0 Å². The second-order valence-electron chi connectivity index (χ2n) is 7.52. The Bertz CT molecular complexity index is 1320. The molecule has 1 aromatic heterocycles. The summed E-state index contributed by atoms with van der Waals surface area (Å²) in [5, 5.41) is 3.47. The molecular weight excluding hydrogens is 515 g/mol. The Morgan fingerprint density at radius 2 is 1.72 bits per heavy atom. The van der Waals surface area contributed by atoms with Crippen molar-refractivity contribution in [2.24, 2.45) is 0 Å². The Morgan fingerprint density at radius 1 is 0.969 bits per heavy atom. The summed E-state index contributed by atoms with van der Waals surface area (Å²) in [6.07, 6.45) is 0. The van der Waals surface area contributed by atoms with Crippen LogP contribution in [0.5, 0.6) is 0 Å². The minimum Gasteiger partial charge on any atom is -0.452 e. The molecule has 0 aliphatic rings. The first kappa shape index (κ1) is 22.0. The van der Waals surface area contributed by atoms with E-state index < -0.39 is 5.97 Å². The van der Waals surface area contributed by atoms with Crippen molar-refractivity contribution in [3.63, 3.8) is 0 Å². The van der Waals surface area contributed by atoms with Crippen LogP contribution in [0.15, 0.2) is 72.8 Å². The van der Waals surface area contributed by atoms with Gasteiger partial charge in [-0.25, -0.2) is 9.78 Å². The maximum Gasteiger partial charge on any atom is 0.339 e. The molecule has 0 aliphatic heterocycles. The van der Waals surface area contributed by atoms with Gasteiger partial charge in [0.15, 0.2) is 6.61 Å². The number of fused-ring (bicyclic) bond motifs is 1. The molecule has 0 aliphatic carbocycles. The van der Waals surface area contributed by atoms with E-state index in [1.54, 1.807) is 6.07 Å². The van der Waals surface area contributed by atoms with Gasteiger partial charge in [0.1, 0.15) is 0 Å². The number of anilines is 1. The molecule has 4 aromatic rings. The minimum absolute atomic E-state index is 0.374. The third-order valence-electron chi connectivity index (χ3n) is 5.08. The molecule has 0 fully saturated rings. The van der Waals surface area contributed by atoms with Crippen LogP contribution in [0.3, 0.4) is 0 Å². The minimum atomic E-state index is -0.563. The lowest BCUT2D eigenvalue weighted by Gasteiger charge is -2.11. The Morgan fingerprint density at radius 3 is 2.47 bits per heavy atom. The lowest BCUT2D eigenvalue weighted by Crippen LogP contribution is -2.21. The second kappa shape index (κ2) is 9.48. The summed E-state index contributed by atoms with van der Waals surface area (Å²) >= 11 is 2.22.